The maximum absolute atomic E-state index is 12.2. The Morgan fingerprint density at radius 3 is 2.82 bits per heavy atom. The Kier molecular flexibility index (Phi) is 6.01. The van der Waals surface area contributed by atoms with Crippen LogP contribution in [0.1, 0.15) is 37.3 Å². The van der Waals surface area contributed by atoms with Crippen molar-refractivity contribution in [2.75, 3.05) is 7.11 Å². The molecule has 2 rings (SSSR count). The van der Waals surface area contributed by atoms with Crippen LogP contribution in [0.15, 0.2) is 36.4 Å². The number of hydrogen-bond acceptors (Lipinski definition) is 3. The van der Waals surface area contributed by atoms with Crippen molar-refractivity contribution >= 4 is 23.5 Å². The fourth-order valence-electron chi connectivity index (χ4n) is 2.60. The van der Waals surface area contributed by atoms with E-state index in [2.05, 4.69) is 17.5 Å². The van der Waals surface area contributed by atoms with Gasteiger partial charge in [0, 0.05) is 11.4 Å². The summed E-state index contributed by atoms with van der Waals surface area (Å²) in [7, 11) is 1.33. The maximum Gasteiger partial charge on any atom is 0.307 e. The Hall–Kier alpha value is -1.81. The lowest BCUT2D eigenvalue weighted by atomic mass is 10.0. The summed E-state index contributed by atoms with van der Waals surface area (Å²) < 4.78 is 4.71. The number of methoxy groups -OCH3 is 1. The highest BCUT2D eigenvalue weighted by atomic mass is 35.5. The van der Waals surface area contributed by atoms with Gasteiger partial charge in [0.25, 0.3) is 0 Å². The van der Waals surface area contributed by atoms with Gasteiger partial charge >= 0.3 is 5.97 Å². The number of ether oxygens (including phenoxy) is 1. The van der Waals surface area contributed by atoms with Crippen molar-refractivity contribution in [1.29, 1.82) is 0 Å². The van der Waals surface area contributed by atoms with Crippen molar-refractivity contribution in [1.82, 2.24) is 5.32 Å². The molecule has 2 atom stereocenters. The standard InChI is InChI=1S/C17H20ClNO3/c1-22-17(21)11-15(13-8-4-5-9-14(13)18)19-16(20)10-12-6-2-3-7-12/h2,4-6,8-9,12,15H,3,7,10-11H2,1H3,(H,19,20)/t12-,15+/m0/s1. The van der Waals surface area contributed by atoms with Crippen molar-refractivity contribution in [3.8, 4) is 0 Å². The Morgan fingerprint density at radius 2 is 2.18 bits per heavy atom. The Morgan fingerprint density at radius 1 is 1.41 bits per heavy atom. The summed E-state index contributed by atoms with van der Waals surface area (Å²) in [4.78, 5) is 23.8. The highest BCUT2D eigenvalue weighted by molar-refractivity contribution is 6.31. The molecule has 0 aliphatic heterocycles. The number of nitrogens with one attached hydrogen (secondary N) is 1. The van der Waals surface area contributed by atoms with Gasteiger partial charge in [-0.05, 0) is 30.4 Å². The molecule has 0 saturated heterocycles. The number of carbonyl (C=O) groups is 2. The van der Waals surface area contributed by atoms with Crippen LogP contribution in [0.3, 0.4) is 0 Å². The quantitative estimate of drug-likeness (QED) is 0.645. The monoisotopic (exact) mass is 321 g/mol. The number of allylic oxidation sites excluding steroid dienone is 2. The number of benzene rings is 1. The van der Waals surface area contributed by atoms with Gasteiger partial charge in [0.15, 0.2) is 0 Å². The third kappa shape index (κ3) is 4.60. The predicted octanol–water partition coefficient (Wildman–Crippen LogP) is 3.42. The van der Waals surface area contributed by atoms with Crippen molar-refractivity contribution in [2.45, 2.75) is 31.7 Å². The zero-order chi connectivity index (χ0) is 15.9. The first-order valence-electron chi connectivity index (χ1n) is 7.37. The molecule has 118 valence electrons. The van der Waals surface area contributed by atoms with Crippen LogP contribution < -0.4 is 5.32 Å². The van der Waals surface area contributed by atoms with Crippen LogP contribution in [0.25, 0.3) is 0 Å². The van der Waals surface area contributed by atoms with Gasteiger partial charge in [-0.3, -0.25) is 9.59 Å². The number of amides is 1. The number of carbonyl (C=O) groups excluding carboxylic acids is 2. The van der Waals surface area contributed by atoms with Crippen LogP contribution in [-0.2, 0) is 14.3 Å². The fraction of sp³-hybridized carbons (Fsp3) is 0.412. The van der Waals surface area contributed by atoms with E-state index in [9.17, 15) is 9.59 Å². The predicted molar refractivity (Wildman–Crippen MR) is 85.4 cm³/mol. The zero-order valence-electron chi connectivity index (χ0n) is 12.5. The van der Waals surface area contributed by atoms with Gasteiger partial charge in [-0.25, -0.2) is 0 Å². The number of rotatable bonds is 6. The molecule has 0 bridgehead atoms. The van der Waals surface area contributed by atoms with Crippen LogP contribution in [0.2, 0.25) is 5.02 Å². The second kappa shape index (κ2) is 7.99. The maximum atomic E-state index is 12.2. The van der Waals surface area contributed by atoms with Crippen molar-refractivity contribution in [3.05, 3.63) is 47.0 Å². The van der Waals surface area contributed by atoms with Crippen LogP contribution in [0.5, 0.6) is 0 Å². The van der Waals surface area contributed by atoms with Crippen LogP contribution in [0.4, 0.5) is 0 Å². The first-order chi connectivity index (χ1) is 10.6. The van der Waals surface area contributed by atoms with Crippen molar-refractivity contribution in [2.24, 2.45) is 5.92 Å². The lowest BCUT2D eigenvalue weighted by Crippen LogP contribution is -2.31. The minimum Gasteiger partial charge on any atom is -0.469 e. The van der Waals surface area contributed by atoms with Gasteiger partial charge in [0.2, 0.25) is 5.91 Å². The molecule has 0 aromatic heterocycles. The van der Waals surface area contributed by atoms with Gasteiger partial charge in [-0.2, -0.15) is 0 Å². The topological polar surface area (TPSA) is 55.4 Å². The number of esters is 1. The van der Waals surface area contributed by atoms with Gasteiger partial charge in [-0.15, -0.1) is 0 Å². The summed E-state index contributed by atoms with van der Waals surface area (Å²) in [6, 6.07) is 6.72. The minimum absolute atomic E-state index is 0.0620. The van der Waals surface area contributed by atoms with E-state index in [0.717, 1.165) is 18.4 Å². The second-order valence-electron chi connectivity index (χ2n) is 5.39. The molecular formula is C17H20ClNO3. The summed E-state index contributed by atoms with van der Waals surface area (Å²) in [5.74, 6) is -0.179. The molecule has 0 fully saturated rings. The molecule has 0 radical (unpaired) electrons. The van der Waals surface area contributed by atoms with Crippen molar-refractivity contribution in [3.63, 3.8) is 0 Å². The minimum atomic E-state index is -0.473. The Labute approximate surface area is 135 Å². The van der Waals surface area contributed by atoms with Gasteiger partial charge in [0.05, 0.1) is 19.6 Å². The Balaban J connectivity index is 2.07. The van der Waals surface area contributed by atoms with Crippen LogP contribution in [0, 0.1) is 5.92 Å². The average Bonchev–Trinajstić information content (AvgIpc) is 2.99. The first-order valence-corrected chi connectivity index (χ1v) is 7.75. The summed E-state index contributed by atoms with van der Waals surface area (Å²) >= 11 is 6.18. The zero-order valence-corrected chi connectivity index (χ0v) is 13.3. The lowest BCUT2D eigenvalue weighted by Gasteiger charge is -2.20. The summed E-state index contributed by atoms with van der Waals surface area (Å²) in [5, 5.41) is 3.43. The third-order valence-electron chi connectivity index (χ3n) is 3.77. The van der Waals surface area contributed by atoms with Crippen molar-refractivity contribution < 1.29 is 14.3 Å². The normalized spacial score (nSPS) is 18.0. The van der Waals surface area contributed by atoms with E-state index in [1.165, 1.54) is 7.11 Å². The molecule has 1 N–H and O–H groups in total. The molecule has 0 spiro atoms. The molecule has 1 aromatic carbocycles. The first kappa shape index (κ1) is 16.6. The number of hydrogen-bond donors (Lipinski definition) is 1. The highest BCUT2D eigenvalue weighted by Gasteiger charge is 2.22. The fourth-order valence-corrected chi connectivity index (χ4v) is 2.87. The molecule has 22 heavy (non-hydrogen) atoms. The van der Waals surface area contributed by atoms with E-state index < -0.39 is 6.04 Å². The molecule has 1 aliphatic carbocycles. The molecule has 1 aliphatic rings. The van der Waals surface area contributed by atoms with E-state index in [1.807, 2.05) is 18.2 Å². The summed E-state index contributed by atoms with van der Waals surface area (Å²) in [5.41, 5.74) is 0.727. The number of halogens is 1. The SMILES string of the molecule is COC(=O)C[C@@H](NC(=O)C[C@H]1C=CCC1)c1ccccc1Cl. The third-order valence-corrected chi connectivity index (χ3v) is 4.12. The highest BCUT2D eigenvalue weighted by Crippen LogP contribution is 2.26. The molecule has 0 saturated carbocycles. The summed E-state index contributed by atoms with van der Waals surface area (Å²) in [6.45, 7) is 0. The molecule has 1 amide bonds. The van der Waals surface area contributed by atoms with E-state index in [0.29, 0.717) is 11.4 Å². The van der Waals surface area contributed by atoms with E-state index in [-0.39, 0.29) is 24.2 Å². The molecule has 5 heteroatoms. The largest absolute Gasteiger partial charge is 0.469 e. The van der Waals surface area contributed by atoms with Gasteiger partial charge in [0.1, 0.15) is 0 Å². The molecule has 4 nitrogen and oxygen atoms in total. The lowest BCUT2D eigenvalue weighted by molar-refractivity contribution is -0.141. The second-order valence-corrected chi connectivity index (χ2v) is 5.80. The Bertz CT molecular complexity index is 571. The molecule has 0 unspecified atom stereocenters. The van der Waals surface area contributed by atoms with E-state index in [1.54, 1.807) is 6.07 Å². The average molecular weight is 322 g/mol. The van der Waals surface area contributed by atoms with Gasteiger partial charge < -0.3 is 10.1 Å². The van der Waals surface area contributed by atoms with Crippen LogP contribution >= 0.6 is 11.6 Å². The molecule has 0 heterocycles. The van der Waals surface area contributed by atoms with E-state index >= 15 is 0 Å². The molecule has 1 aromatic rings. The smallest absolute Gasteiger partial charge is 0.307 e. The van der Waals surface area contributed by atoms with Crippen LogP contribution in [-0.4, -0.2) is 19.0 Å². The molecular weight excluding hydrogens is 302 g/mol. The van der Waals surface area contributed by atoms with E-state index in [4.69, 9.17) is 16.3 Å². The van der Waals surface area contributed by atoms with Gasteiger partial charge in [-0.1, -0.05) is 42.0 Å². The summed E-state index contributed by atoms with van der Waals surface area (Å²) in [6.07, 6.45) is 6.68.